The van der Waals surface area contributed by atoms with Crippen molar-refractivity contribution in [3.8, 4) is 11.5 Å². The number of ether oxygens (including phenoxy) is 2. The van der Waals surface area contributed by atoms with Crippen LogP contribution in [0.5, 0.6) is 11.5 Å². The summed E-state index contributed by atoms with van der Waals surface area (Å²) in [5.74, 6) is 1.53. The summed E-state index contributed by atoms with van der Waals surface area (Å²) in [6.07, 6.45) is 2.55. The van der Waals surface area contributed by atoms with Crippen molar-refractivity contribution in [1.29, 1.82) is 0 Å². The summed E-state index contributed by atoms with van der Waals surface area (Å²) in [6, 6.07) is 4.51. The van der Waals surface area contributed by atoms with E-state index in [0.29, 0.717) is 16.8 Å². The van der Waals surface area contributed by atoms with Crippen LogP contribution in [-0.2, 0) is 0 Å². The van der Waals surface area contributed by atoms with Crippen LogP contribution in [-0.4, -0.2) is 57.2 Å². The minimum atomic E-state index is 0.164. The van der Waals surface area contributed by atoms with E-state index in [1.165, 1.54) is 19.4 Å². The molecule has 0 aliphatic carbocycles. The predicted octanol–water partition coefficient (Wildman–Crippen LogP) is 3.44. The van der Waals surface area contributed by atoms with Gasteiger partial charge in [-0.25, -0.2) is 0 Å². The van der Waals surface area contributed by atoms with Crippen LogP contribution in [0, 0.1) is 0 Å². The van der Waals surface area contributed by atoms with Gasteiger partial charge in [-0.05, 0) is 52.5 Å². The molecule has 1 heterocycles. The molecule has 0 saturated carbocycles. The first-order valence-corrected chi connectivity index (χ1v) is 8.18. The third-order valence-corrected chi connectivity index (χ3v) is 5.08. The molecule has 2 rings (SSSR count). The minimum absolute atomic E-state index is 0.164. The molecule has 1 aliphatic heterocycles. The first-order valence-electron chi connectivity index (χ1n) is 7.80. The molecule has 0 amide bonds. The summed E-state index contributed by atoms with van der Waals surface area (Å²) < 4.78 is 11.1. The Morgan fingerprint density at radius 2 is 2.09 bits per heavy atom. The molecule has 1 aliphatic rings. The Balaban J connectivity index is 2.23. The van der Waals surface area contributed by atoms with Crippen molar-refractivity contribution < 1.29 is 9.47 Å². The first-order chi connectivity index (χ1) is 10.5. The molecular weight excluding hydrogens is 300 g/mol. The van der Waals surface area contributed by atoms with Gasteiger partial charge in [-0.3, -0.25) is 4.90 Å². The fourth-order valence-corrected chi connectivity index (χ4v) is 3.50. The highest BCUT2D eigenvalue weighted by atomic mass is 35.5. The SMILES string of the molecule is COc1ccc(Cl)c(OC)c1C(C)N(C)CC1CCCN1C. The van der Waals surface area contributed by atoms with Gasteiger partial charge in [0.05, 0.1) is 24.8 Å². The molecule has 0 bridgehead atoms. The maximum absolute atomic E-state index is 6.29. The molecule has 4 nitrogen and oxygen atoms in total. The summed E-state index contributed by atoms with van der Waals surface area (Å²) in [6.45, 7) is 4.39. The van der Waals surface area contributed by atoms with E-state index < -0.39 is 0 Å². The van der Waals surface area contributed by atoms with E-state index >= 15 is 0 Å². The molecule has 2 unspecified atom stereocenters. The Morgan fingerprint density at radius 3 is 2.64 bits per heavy atom. The van der Waals surface area contributed by atoms with Gasteiger partial charge in [0.25, 0.3) is 0 Å². The molecule has 0 N–H and O–H groups in total. The van der Waals surface area contributed by atoms with E-state index in [1.54, 1.807) is 14.2 Å². The smallest absolute Gasteiger partial charge is 0.145 e. The zero-order chi connectivity index (χ0) is 16.3. The average molecular weight is 327 g/mol. The monoisotopic (exact) mass is 326 g/mol. The predicted molar refractivity (Wildman–Crippen MR) is 91.3 cm³/mol. The zero-order valence-corrected chi connectivity index (χ0v) is 15.0. The van der Waals surface area contributed by atoms with Crippen LogP contribution >= 0.6 is 11.6 Å². The van der Waals surface area contributed by atoms with Crippen molar-refractivity contribution in [1.82, 2.24) is 9.80 Å². The second-order valence-electron chi connectivity index (χ2n) is 6.09. The number of hydrogen-bond acceptors (Lipinski definition) is 4. The summed E-state index contributed by atoms with van der Waals surface area (Å²) >= 11 is 6.29. The highest BCUT2D eigenvalue weighted by Gasteiger charge is 2.27. The highest BCUT2D eigenvalue weighted by molar-refractivity contribution is 6.32. The molecule has 0 aromatic heterocycles. The van der Waals surface area contributed by atoms with E-state index in [1.807, 2.05) is 12.1 Å². The average Bonchev–Trinajstić information content (AvgIpc) is 2.91. The quantitative estimate of drug-likeness (QED) is 0.799. The molecular formula is C17H27ClN2O2. The molecule has 1 aromatic carbocycles. The van der Waals surface area contributed by atoms with E-state index in [2.05, 4.69) is 30.8 Å². The second-order valence-corrected chi connectivity index (χ2v) is 6.50. The van der Waals surface area contributed by atoms with E-state index in [4.69, 9.17) is 21.1 Å². The summed E-state index contributed by atoms with van der Waals surface area (Å²) in [5, 5.41) is 0.622. The van der Waals surface area contributed by atoms with Crippen LogP contribution in [0.4, 0.5) is 0 Å². The third kappa shape index (κ3) is 3.50. The van der Waals surface area contributed by atoms with Gasteiger partial charge in [0.2, 0.25) is 0 Å². The molecule has 1 fully saturated rings. The van der Waals surface area contributed by atoms with E-state index in [9.17, 15) is 0 Å². The number of halogens is 1. The van der Waals surface area contributed by atoms with Crippen LogP contribution in [0.1, 0.15) is 31.4 Å². The normalized spacial score (nSPS) is 20.4. The molecule has 0 spiro atoms. The van der Waals surface area contributed by atoms with Gasteiger partial charge in [0.1, 0.15) is 11.5 Å². The fourth-order valence-electron chi connectivity index (χ4n) is 3.26. The summed E-state index contributed by atoms with van der Waals surface area (Å²) in [4.78, 5) is 4.79. The van der Waals surface area contributed by atoms with Crippen molar-refractivity contribution >= 4 is 11.6 Å². The lowest BCUT2D eigenvalue weighted by atomic mass is 10.0. The number of likely N-dealkylation sites (N-methyl/N-ethyl adjacent to an activating group) is 2. The number of methoxy groups -OCH3 is 2. The van der Waals surface area contributed by atoms with Crippen molar-refractivity contribution in [3.05, 3.63) is 22.7 Å². The van der Waals surface area contributed by atoms with Gasteiger partial charge < -0.3 is 14.4 Å². The molecule has 5 heteroatoms. The molecule has 0 radical (unpaired) electrons. The molecule has 2 atom stereocenters. The van der Waals surface area contributed by atoms with Crippen molar-refractivity contribution in [2.45, 2.75) is 31.8 Å². The number of likely N-dealkylation sites (tertiary alicyclic amines) is 1. The Labute approximate surface area is 138 Å². The highest BCUT2D eigenvalue weighted by Crippen LogP contribution is 2.41. The Morgan fingerprint density at radius 1 is 1.36 bits per heavy atom. The third-order valence-electron chi connectivity index (χ3n) is 4.78. The van der Waals surface area contributed by atoms with Crippen molar-refractivity contribution in [3.63, 3.8) is 0 Å². The Kier molecular flexibility index (Phi) is 5.95. The maximum Gasteiger partial charge on any atom is 0.145 e. The molecule has 124 valence electrons. The first kappa shape index (κ1) is 17.4. The van der Waals surface area contributed by atoms with Crippen LogP contribution in [0.15, 0.2) is 12.1 Å². The Bertz CT molecular complexity index is 510. The zero-order valence-electron chi connectivity index (χ0n) is 14.2. The van der Waals surface area contributed by atoms with Gasteiger partial charge in [-0.1, -0.05) is 11.6 Å². The molecule has 1 saturated heterocycles. The van der Waals surface area contributed by atoms with Crippen LogP contribution in [0.25, 0.3) is 0 Å². The van der Waals surface area contributed by atoms with Crippen LogP contribution in [0.2, 0.25) is 5.02 Å². The van der Waals surface area contributed by atoms with Gasteiger partial charge in [0, 0.05) is 18.6 Å². The lowest BCUT2D eigenvalue weighted by Gasteiger charge is -2.32. The van der Waals surface area contributed by atoms with E-state index in [0.717, 1.165) is 17.9 Å². The van der Waals surface area contributed by atoms with Gasteiger partial charge in [-0.15, -0.1) is 0 Å². The minimum Gasteiger partial charge on any atom is -0.496 e. The lowest BCUT2D eigenvalue weighted by Crippen LogP contribution is -2.37. The topological polar surface area (TPSA) is 24.9 Å². The standard InChI is InChI=1S/C17H27ClN2O2/c1-12(20(3)11-13-7-6-10-19(13)2)16-15(21-4)9-8-14(18)17(16)22-5/h8-9,12-13H,6-7,10-11H2,1-5H3. The summed E-state index contributed by atoms with van der Waals surface area (Å²) in [5.41, 5.74) is 1.01. The van der Waals surface area contributed by atoms with Crippen LogP contribution in [0.3, 0.4) is 0 Å². The number of rotatable bonds is 6. The number of hydrogen-bond donors (Lipinski definition) is 0. The fraction of sp³-hybridized carbons (Fsp3) is 0.647. The number of nitrogens with zero attached hydrogens (tertiary/aromatic N) is 2. The van der Waals surface area contributed by atoms with Crippen molar-refractivity contribution in [2.75, 3.05) is 41.4 Å². The number of benzene rings is 1. The second kappa shape index (κ2) is 7.53. The Hall–Kier alpha value is -0.970. The van der Waals surface area contributed by atoms with Gasteiger partial charge in [0.15, 0.2) is 0 Å². The largest absolute Gasteiger partial charge is 0.496 e. The van der Waals surface area contributed by atoms with E-state index in [-0.39, 0.29) is 6.04 Å². The van der Waals surface area contributed by atoms with Gasteiger partial charge in [-0.2, -0.15) is 0 Å². The maximum atomic E-state index is 6.29. The lowest BCUT2D eigenvalue weighted by molar-refractivity contribution is 0.181. The van der Waals surface area contributed by atoms with Crippen molar-refractivity contribution in [2.24, 2.45) is 0 Å². The molecule has 1 aromatic rings. The van der Waals surface area contributed by atoms with Gasteiger partial charge >= 0.3 is 0 Å². The van der Waals surface area contributed by atoms with Crippen LogP contribution < -0.4 is 9.47 Å². The molecule has 22 heavy (non-hydrogen) atoms. The summed E-state index contributed by atoms with van der Waals surface area (Å²) in [7, 11) is 7.69.